The molecule has 1 N–H and O–H groups in total. The predicted octanol–water partition coefficient (Wildman–Crippen LogP) is 1.11. The first-order valence-corrected chi connectivity index (χ1v) is 6.83. The molecule has 0 spiro atoms. The summed E-state index contributed by atoms with van der Waals surface area (Å²) in [5, 5.41) is 13.4. The van der Waals surface area contributed by atoms with Crippen LogP contribution in [0, 0.1) is 11.8 Å². The molecule has 3 rings (SSSR count). The summed E-state index contributed by atoms with van der Waals surface area (Å²) in [7, 11) is 0. The second-order valence-electron chi connectivity index (χ2n) is 4.60. The van der Waals surface area contributed by atoms with Crippen molar-refractivity contribution in [2.24, 2.45) is 0 Å². The first kappa shape index (κ1) is 14.4. The summed E-state index contributed by atoms with van der Waals surface area (Å²) in [6.45, 7) is 0.0524. The van der Waals surface area contributed by atoms with E-state index in [9.17, 15) is 4.79 Å². The number of tetrazole rings is 1. The van der Waals surface area contributed by atoms with Crippen LogP contribution in [-0.2, 0) is 11.3 Å². The molecule has 0 atom stereocenters. The van der Waals surface area contributed by atoms with Crippen LogP contribution < -0.4 is 5.32 Å². The molecule has 112 valence electrons. The van der Waals surface area contributed by atoms with E-state index in [0.717, 1.165) is 5.56 Å². The monoisotopic (exact) mass is 304 g/mol. The minimum Gasteiger partial charge on any atom is -0.324 e. The number of rotatable bonds is 3. The topological polar surface area (TPSA) is 85.6 Å². The van der Waals surface area contributed by atoms with E-state index in [1.54, 1.807) is 18.3 Å². The van der Waals surface area contributed by atoms with Crippen LogP contribution >= 0.6 is 0 Å². The van der Waals surface area contributed by atoms with Gasteiger partial charge in [-0.3, -0.25) is 4.79 Å². The van der Waals surface area contributed by atoms with Crippen molar-refractivity contribution >= 4 is 11.6 Å². The summed E-state index contributed by atoms with van der Waals surface area (Å²) in [6.07, 6.45) is 3.08. The van der Waals surface area contributed by atoms with Crippen molar-refractivity contribution in [1.29, 1.82) is 0 Å². The zero-order chi connectivity index (χ0) is 15.9. The Morgan fingerprint density at radius 2 is 2.13 bits per heavy atom. The Morgan fingerprint density at radius 1 is 1.17 bits per heavy atom. The van der Waals surface area contributed by atoms with Crippen molar-refractivity contribution in [3.63, 3.8) is 0 Å². The van der Waals surface area contributed by atoms with Crippen molar-refractivity contribution in [1.82, 2.24) is 25.2 Å². The van der Waals surface area contributed by atoms with Gasteiger partial charge in [0.2, 0.25) is 5.91 Å². The second kappa shape index (κ2) is 6.95. The predicted molar refractivity (Wildman–Crippen MR) is 83.1 cm³/mol. The minimum atomic E-state index is -0.216. The quantitative estimate of drug-likeness (QED) is 0.733. The fraction of sp³-hybridized carbons (Fsp3) is 0.0625. The van der Waals surface area contributed by atoms with Crippen molar-refractivity contribution in [3.05, 3.63) is 66.2 Å². The molecule has 1 aromatic carbocycles. The number of amides is 1. The molecule has 0 aliphatic carbocycles. The number of carbonyl (C=O) groups is 1. The van der Waals surface area contributed by atoms with Crippen LogP contribution in [0.5, 0.6) is 0 Å². The lowest BCUT2D eigenvalue weighted by Crippen LogP contribution is -2.19. The van der Waals surface area contributed by atoms with Crippen molar-refractivity contribution in [2.45, 2.75) is 6.54 Å². The van der Waals surface area contributed by atoms with Gasteiger partial charge in [-0.2, -0.15) is 0 Å². The molecule has 7 heteroatoms. The van der Waals surface area contributed by atoms with E-state index in [4.69, 9.17) is 0 Å². The molecule has 0 aliphatic heterocycles. The van der Waals surface area contributed by atoms with Crippen LogP contribution in [0.15, 0.2) is 55.0 Å². The number of hydrogen-bond acceptors (Lipinski definition) is 5. The highest BCUT2D eigenvalue weighted by Crippen LogP contribution is 2.10. The fourth-order valence-corrected chi connectivity index (χ4v) is 1.85. The van der Waals surface area contributed by atoms with Crippen LogP contribution in [0.25, 0.3) is 0 Å². The Hall–Kier alpha value is -3.53. The highest BCUT2D eigenvalue weighted by atomic mass is 16.2. The molecule has 0 fully saturated rings. The van der Waals surface area contributed by atoms with Crippen LogP contribution in [0.4, 0.5) is 5.69 Å². The van der Waals surface area contributed by atoms with E-state index in [2.05, 4.69) is 37.7 Å². The Balaban J connectivity index is 1.68. The van der Waals surface area contributed by atoms with Gasteiger partial charge in [0, 0.05) is 17.4 Å². The molecule has 0 saturated carbocycles. The average molecular weight is 304 g/mol. The summed E-state index contributed by atoms with van der Waals surface area (Å²) in [4.78, 5) is 16.0. The van der Waals surface area contributed by atoms with Gasteiger partial charge in [0.25, 0.3) is 0 Å². The molecule has 23 heavy (non-hydrogen) atoms. The largest absolute Gasteiger partial charge is 0.324 e. The molecule has 0 radical (unpaired) electrons. The molecular weight excluding hydrogens is 292 g/mol. The van der Waals surface area contributed by atoms with E-state index < -0.39 is 0 Å². The molecular formula is C16H12N6O. The van der Waals surface area contributed by atoms with Gasteiger partial charge in [-0.25, -0.2) is 9.67 Å². The number of carbonyl (C=O) groups excluding carboxylic acids is 1. The number of pyridine rings is 1. The smallest absolute Gasteiger partial charge is 0.246 e. The zero-order valence-electron chi connectivity index (χ0n) is 12.0. The summed E-state index contributed by atoms with van der Waals surface area (Å²) >= 11 is 0. The second-order valence-corrected chi connectivity index (χ2v) is 4.60. The van der Waals surface area contributed by atoms with E-state index in [1.807, 2.05) is 30.3 Å². The fourth-order valence-electron chi connectivity index (χ4n) is 1.85. The van der Waals surface area contributed by atoms with E-state index >= 15 is 0 Å². The number of anilines is 1. The normalized spacial score (nSPS) is 9.74. The molecule has 0 unspecified atom stereocenters. The standard InChI is InChI=1S/C16H12N6O/c23-16(11-22-12-18-20-21-22)19-15-6-3-4-13(10-15)7-8-14-5-1-2-9-17-14/h1-6,9-10,12H,11H2,(H,19,23). The van der Waals surface area contributed by atoms with Gasteiger partial charge in [-0.1, -0.05) is 18.1 Å². The minimum absolute atomic E-state index is 0.0524. The Kier molecular flexibility index (Phi) is 4.36. The molecule has 0 bridgehead atoms. The maximum Gasteiger partial charge on any atom is 0.246 e. The molecule has 2 aromatic heterocycles. The van der Waals surface area contributed by atoms with Crippen molar-refractivity contribution < 1.29 is 4.79 Å². The molecule has 3 aromatic rings. The summed E-state index contributed by atoms with van der Waals surface area (Å²) in [6, 6.07) is 12.8. The Labute approximate surface area is 132 Å². The van der Waals surface area contributed by atoms with Gasteiger partial charge in [0.1, 0.15) is 18.6 Å². The lowest BCUT2D eigenvalue weighted by molar-refractivity contribution is -0.116. The number of benzene rings is 1. The van der Waals surface area contributed by atoms with Crippen LogP contribution in [0.1, 0.15) is 11.3 Å². The third-order valence-electron chi connectivity index (χ3n) is 2.84. The highest BCUT2D eigenvalue weighted by Gasteiger charge is 2.04. The molecule has 2 heterocycles. The third-order valence-corrected chi connectivity index (χ3v) is 2.84. The molecule has 7 nitrogen and oxygen atoms in total. The van der Waals surface area contributed by atoms with E-state index in [0.29, 0.717) is 11.4 Å². The van der Waals surface area contributed by atoms with Crippen LogP contribution in [0.2, 0.25) is 0 Å². The number of nitrogens with zero attached hydrogens (tertiary/aromatic N) is 5. The Bertz CT molecular complexity index is 849. The van der Waals surface area contributed by atoms with Gasteiger partial charge in [-0.15, -0.1) is 5.10 Å². The maximum atomic E-state index is 11.9. The highest BCUT2D eigenvalue weighted by molar-refractivity contribution is 5.90. The third kappa shape index (κ3) is 4.22. The van der Waals surface area contributed by atoms with Crippen molar-refractivity contribution in [2.75, 3.05) is 5.32 Å². The molecule has 0 saturated heterocycles. The summed E-state index contributed by atoms with van der Waals surface area (Å²) < 4.78 is 1.35. The van der Waals surface area contributed by atoms with E-state index in [-0.39, 0.29) is 12.5 Å². The van der Waals surface area contributed by atoms with Gasteiger partial charge >= 0.3 is 0 Å². The van der Waals surface area contributed by atoms with Crippen molar-refractivity contribution in [3.8, 4) is 11.8 Å². The number of nitrogens with one attached hydrogen (secondary N) is 1. The average Bonchev–Trinajstić information content (AvgIpc) is 3.07. The first-order chi connectivity index (χ1) is 11.3. The van der Waals surface area contributed by atoms with E-state index in [1.165, 1.54) is 11.0 Å². The summed E-state index contributed by atoms with van der Waals surface area (Å²) in [5.74, 6) is 5.78. The molecule has 0 aliphatic rings. The Morgan fingerprint density at radius 3 is 2.91 bits per heavy atom. The van der Waals surface area contributed by atoms with Gasteiger partial charge in [0.05, 0.1) is 0 Å². The zero-order valence-corrected chi connectivity index (χ0v) is 12.0. The van der Waals surface area contributed by atoms with Gasteiger partial charge < -0.3 is 5.32 Å². The first-order valence-electron chi connectivity index (χ1n) is 6.83. The number of hydrogen-bond donors (Lipinski definition) is 1. The summed E-state index contributed by atoms with van der Waals surface area (Å²) in [5.41, 5.74) is 2.15. The lowest BCUT2D eigenvalue weighted by atomic mass is 10.2. The van der Waals surface area contributed by atoms with Gasteiger partial charge in [0.15, 0.2) is 0 Å². The van der Waals surface area contributed by atoms with Crippen LogP contribution in [-0.4, -0.2) is 31.1 Å². The van der Waals surface area contributed by atoms with Crippen LogP contribution in [0.3, 0.4) is 0 Å². The number of aromatic nitrogens is 5. The maximum absolute atomic E-state index is 11.9. The molecule has 1 amide bonds. The SMILES string of the molecule is O=C(Cn1cnnn1)Nc1cccc(C#Cc2ccccn2)c1. The van der Waals surface area contributed by atoms with Gasteiger partial charge in [-0.05, 0) is 46.7 Å². The lowest BCUT2D eigenvalue weighted by Gasteiger charge is -2.04.